The standard InChI is InChI=1S/C21H20ClN5O5/c1-23-20(30)24-11-10-21(13-24)19(29)25(15-6-8-17(9-7-15)27(31)32)12-18(28)26(21)16-4-2-14(22)3-5-16/h2-9H,10-13H2,1H3,(H,23,30). The van der Waals surface area contributed by atoms with E-state index in [4.69, 9.17) is 11.6 Å². The van der Waals surface area contributed by atoms with E-state index in [1.165, 1.54) is 46.0 Å². The predicted octanol–water partition coefficient (Wildman–Crippen LogP) is 2.41. The highest BCUT2D eigenvalue weighted by atomic mass is 35.5. The largest absolute Gasteiger partial charge is 0.341 e. The van der Waals surface area contributed by atoms with Gasteiger partial charge in [-0.2, -0.15) is 0 Å². The third kappa shape index (κ3) is 3.52. The van der Waals surface area contributed by atoms with Gasteiger partial charge in [-0.25, -0.2) is 4.79 Å². The summed E-state index contributed by atoms with van der Waals surface area (Å²) in [6.45, 7) is 0.0707. The Hall–Kier alpha value is -3.66. The maximum atomic E-state index is 13.8. The van der Waals surface area contributed by atoms with Crippen molar-refractivity contribution in [3.8, 4) is 0 Å². The van der Waals surface area contributed by atoms with Crippen LogP contribution in [0.4, 0.5) is 21.9 Å². The molecule has 2 aromatic rings. The Balaban J connectivity index is 1.76. The Bertz CT molecular complexity index is 1090. The van der Waals surface area contributed by atoms with Gasteiger partial charge in [0.2, 0.25) is 5.91 Å². The van der Waals surface area contributed by atoms with Crippen LogP contribution < -0.4 is 15.1 Å². The van der Waals surface area contributed by atoms with Crippen molar-refractivity contribution < 1.29 is 19.3 Å². The molecule has 32 heavy (non-hydrogen) atoms. The molecule has 4 amide bonds. The summed E-state index contributed by atoms with van der Waals surface area (Å²) < 4.78 is 0. The quantitative estimate of drug-likeness (QED) is 0.561. The average Bonchev–Trinajstić information content (AvgIpc) is 3.23. The Kier molecular flexibility index (Phi) is 5.47. The number of carbonyl (C=O) groups excluding carboxylic acids is 3. The number of anilines is 2. The topological polar surface area (TPSA) is 116 Å². The average molecular weight is 458 g/mol. The van der Waals surface area contributed by atoms with E-state index in [-0.39, 0.29) is 49.6 Å². The molecule has 1 atom stereocenters. The van der Waals surface area contributed by atoms with E-state index >= 15 is 0 Å². The highest BCUT2D eigenvalue weighted by Gasteiger charge is 2.57. The molecule has 2 aromatic carbocycles. The van der Waals surface area contributed by atoms with Crippen LogP contribution in [0.15, 0.2) is 48.5 Å². The highest BCUT2D eigenvalue weighted by Crippen LogP contribution is 2.39. The number of halogens is 1. The Morgan fingerprint density at radius 3 is 2.31 bits per heavy atom. The van der Waals surface area contributed by atoms with Gasteiger partial charge >= 0.3 is 6.03 Å². The molecule has 2 heterocycles. The number of carbonyl (C=O) groups is 3. The molecule has 2 aliphatic heterocycles. The van der Waals surface area contributed by atoms with E-state index in [1.54, 1.807) is 24.3 Å². The Morgan fingerprint density at radius 1 is 1.09 bits per heavy atom. The van der Waals surface area contributed by atoms with Crippen LogP contribution in [0.25, 0.3) is 0 Å². The molecule has 4 rings (SSSR count). The Morgan fingerprint density at radius 2 is 1.72 bits per heavy atom. The minimum absolute atomic E-state index is 0.0172. The maximum absolute atomic E-state index is 13.8. The molecular weight excluding hydrogens is 438 g/mol. The number of non-ortho nitro benzene ring substituents is 1. The molecular formula is C21H20ClN5O5. The molecule has 2 fully saturated rings. The van der Waals surface area contributed by atoms with E-state index in [9.17, 15) is 24.5 Å². The number of nitrogens with one attached hydrogen (secondary N) is 1. The van der Waals surface area contributed by atoms with Crippen LogP contribution in [0.1, 0.15) is 6.42 Å². The molecule has 0 aromatic heterocycles. The van der Waals surface area contributed by atoms with Crippen LogP contribution >= 0.6 is 11.6 Å². The summed E-state index contributed by atoms with van der Waals surface area (Å²) in [5, 5.41) is 14.0. The molecule has 0 aliphatic carbocycles. The number of nitro groups is 1. The third-order valence-corrected chi connectivity index (χ3v) is 6.07. The first-order valence-corrected chi connectivity index (χ1v) is 10.3. The van der Waals surface area contributed by atoms with Crippen LogP contribution in [-0.4, -0.2) is 59.9 Å². The molecule has 2 aliphatic rings. The van der Waals surface area contributed by atoms with E-state index in [0.717, 1.165) is 0 Å². The van der Waals surface area contributed by atoms with Gasteiger partial charge in [-0.05, 0) is 42.8 Å². The molecule has 0 radical (unpaired) electrons. The first-order valence-electron chi connectivity index (χ1n) is 9.88. The molecule has 1 N–H and O–H groups in total. The number of urea groups is 1. The summed E-state index contributed by atoms with van der Waals surface area (Å²) >= 11 is 6.00. The predicted molar refractivity (Wildman–Crippen MR) is 118 cm³/mol. The maximum Gasteiger partial charge on any atom is 0.317 e. The minimum Gasteiger partial charge on any atom is -0.341 e. The van der Waals surface area contributed by atoms with Crippen LogP contribution in [0.3, 0.4) is 0 Å². The monoisotopic (exact) mass is 457 g/mol. The molecule has 0 saturated carbocycles. The van der Waals surface area contributed by atoms with Gasteiger partial charge in [0.05, 0.1) is 11.5 Å². The number of nitro benzene ring substituents is 1. The fraction of sp³-hybridized carbons (Fsp3) is 0.286. The van der Waals surface area contributed by atoms with Gasteiger partial charge in [-0.3, -0.25) is 24.6 Å². The number of piperazine rings is 1. The van der Waals surface area contributed by atoms with E-state index < -0.39 is 10.5 Å². The van der Waals surface area contributed by atoms with Gasteiger partial charge < -0.3 is 15.1 Å². The van der Waals surface area contributed by atoms with Gasteiger partial charge in [0.25, 0.3) is 11.6 Å². The van der Waals surface area contributed by atoms with Gasteiger partial charge in [0.1, 0.15) is 12.1 Å². The molecule has 1 unspecified atom stereocenters. The van der Waals surface area contributed by atoms with E-state index in [2.05, 4.69) is 5.32 Å². The summed E-state index contributed by atoms with van der Waals surface area (Å²) in [4.78, 5) is 54.2. The smallest absolute Gasteiger partial charge is 0.317 e. The number of amides is 4. The SMILES string of the molecule is CNC(=O)N1CCC2(C1)C(=O)N(c1ccc([N+](=O)[O-])cc1)CC(=O)N2c1ccc(Cl)cc1. The fourth-order valence-corrected chi connectivity index (χ4v) is 4.42. The molecule has 1 spiro atoms. The van der Waals surface area contributed by atoms with Crippen molar-refractivity contribution in [2.45, 2.75) is 12.0 Å². The van der Waals surface area contributed by atoms with Gasteiger partial charge in [-0.15, -0.1) is 0 Å². The van der Waals surface area contributed by atoms with Crippen LogP contribution in [0, 0.1) is 10.1 Å². The molecule has 11 heteroatoms. The normalized spacial score (nSPS) is 20.8. The zero-order chi connectivity index (χ0) is 23.0. The second kappa shape index (κ2) is 8.12. The zero-order valence-corrected chi connectivity index (χ0v) is 17.9. The summed E-state index contributed by atoms with van der Waals surface area (Å²) in [5.74, 6) is -0.684. The van der Waals surface area contributed by atoms with Crippen molar-refractivity contribution in [2.75, 3.05) is 36.5 Å². The summed E-state index contributed by atoms with van der Waals surface area (Å²) in [6, 6.07) is 11.7. The van der Waals surface area contributed by atoms with Crippen molar-refractivity contribution in [1.82, 2.24) is 10.2 Å². The van der Waals surface area contributed by atoms with E-state index in [1.807, 2.05) is 0 Å². The second-order valence-electron chi connectivity index (χ2n) is 7.63. The zero-order valence-electron chi connectivity index (χ0n) is 17.2. The van der Waals surface area contributed by atoms with Crippen molar-refractivity contribution in [1.29, 1.82) is 0 Å². The van der Waals surface area contributed by atoms with Gasteiger partial charge in [0, 0.05) is 42.1 Å². The highest BCUT2D eigenvalue weighted by molar-refractivity contribution is 6.30. The summed E-state index contributed by atoms with van der Waals surface area (Å²) in [6.07, 6.45) is 0.247. The van der Waals surface area contributed by atoms with Crippen molar-refractivity contribution in [3.63, 3.8) is 0 Å². The lowest BCUT2D eigenvalue weighted by molar-refractivity contribution is -0.384. The fourth-order valence-electron chi connectivity index (χ4n) is 4.29. The van der Waals surface area contributed by atoms with Gasteiger partial charge in [-0.1, -0.05) is 11.6 Å². The van der Waals surface area contributed by atoms with Crippen LogP contribution in [0.5, 0.6) is 0 Å². The molecule has 2 saturated heterocycles. The van der Waals surface area contributed by atoms with E-state index in [0.29, 0.717) is 16.4 Å². The van der Waals surface area contributed by atoms with Crippen molar-refractivity contribution >= 4 is 46.5 Å². The minimum atomic E-state index is -1.31. The lowest BCUT2D eigenvalue weighted by Gasteiger charge is -2.47. The van der Waals surface area contributed by atoms with Crippen molar-refractivity contribution in [3.05, 3.63) is 63.7 Å². The lowest BCUT2D eigenvalue weighted by Crippen LogP contribution is -2.70. The number of likely N-dealkylation sites (tertiary alicyclic amines) is 1. The molecule has 10 nitrogen and oxygen atoms in total. The number of nitrogens with zero attached hydrogens (tertiary/aromatic N) is 4. The Labute approximate surface area is 188 Å². The van der Waals surface area contributed by atoms with Crippen LogP contribution in [0.2, 0.25) is 5.02 Å². The number of rotatable bonds is 3. The van der Waals surface area contributed by atoms with Crippen LogP contribution in [-0.2, 0) is 9.59 Å². The van der Waals surface area contributed by atoms with Gasteiger partial charge in [0.15, 0.2) is 0 Å². The molecule has 0 bridgehead atoms. The summed E-state index contributed by atoms with van der Waals surface area (Å²) in [5.41, 5.74) is -0.539. The first-order chi connectivity index (χ1) is 15.3. The third-order valence-electron chi connectivity index (χ3n) is 5.82. The number of benzene rings is 2. The number of hydrogen-bond donors (Lipinski definition) is 1. The van der Waals surface area contributed by atoms with Crippen molar-refractivity contribution in [2.24, 2.45) is 0 Å². The lowest BCUT2D eigenvalue weighted by atomic mass is 9.89. The molecule has 166 valence electrons. The second-order valence-corrected chi connectivity index (χ2v) is 8.07. The first kappa shape index (κ1) is 21.6. The number of hydrogen-bond acceptors (Lipinski definition) is 5. The summed E-state index contributed by atoms with van der Waals surface area (Å²) in [7, 11) is 1.50.